The van der Waals surface area contributed by atoms with Gasteiger partial charge >= 0.3 is 0 Å². The molecule has 1 spiro atoms. The number of likely N-dealkylation sites (tertiary alicyclic amines) is 2. The van der Waals surface area contributed by atoms with E-state index < -0.39 is 0 Å². The number of amides is 2. The van der Waals surface area contributed by atoms with Crippen LogP contribution >= 0.6 is 0 Å². The Morgan fingerprint density at radius 2 is 1.64 bits per heavy atom. The lowest BCUT2D eigenvalue weighted by Gasteiger charge is -2.60. The van der Waals surface area contributed by atoms with Crippen molar-refractivity contribution in [2.75, 3.05) is 26.2 Å². The number of hydrogen-bond donors (Lipinski definition) is 0. The standard InChI is InChI=1S/C24H36N2O2/c1-5-7-23(28)26-16-24(17-26)14-21(15-24)19(4)9-8-18(3)20-10-12-25(13-11-20)22(27)6-2/h6,18-21H,2,8-17H2,1,3-4H3/t18-,19+/m0/s1. The van der Waals surface area contributed by atoms with Crippen LogP contribution in [0.2, 0.25) is 0 Å². The first-order valence-electron chi connectivity index (χ1n) is 11.0. The first-order valence-corrected chi connectivity index (χ1v) is 11.0. The molecule has 3 fully saturated rings. The summed E-state index contributed by atoms with van der Waals surface area (Å²) in [5, 5.41) is 0. The zero-order valence-electron chi connectivity index (χ0n) is 17.9. The number of nitrogens with zero attached hydrogens (tertiary/aromatic N) is 2. The second-order valence-electron chi connectivity index (χ2n) is 9.60. The Bertz CT molecular complexity index is 652. The molecule has 2 saturated heterocycles. The first kappa shape index (κ1) is 21.0. The Balaban J connectivity index is 1.33. The van der Waals surface area contributed by atoms with Gasteiger partial charge in [0.1, 0.15) is 0 Å². The Kier molecular flexibility index (Phi) is 6.53. The van der Waals surface area contributed by atoms with Crippen LogP contribution in [0.1, 0.15) is 59.3 Å². The van der Waals surface area contributed by atoms with E-state index in [0.717, 1.165) is 62.7 Å². The van der Waals surface area contributed by atoms with Crippen LogP contribution in [0.5, 0.6) is 0 Å². The van der Waals surface area contributed by atoms with Gasteiger partial charge in [-0.3, -0.25) is 9.59 Å². The quantitative estimate of drug-likeness (QED) is 0.517. The van der Waals surface area contributed by atoms with E-state index in [4.69, 9.17) is 0 Å². The molecule has 3 aliphatic rings. The van der Waals surface area contributed by atoms with Crippen molar-refractivity contribution < 1.29 is 9.59 Å². The summed E-state index contributed by atoms with van der Waals surface area (Å²) in [4.78, 5) is 27.4. The molecule has 0 N–H and O–H groups in total. The van der Waals surface area contributed by atoms with Gasteiger partial charge in [-0.1, -0.05) is 39.2 Å². The van der Waals surface area contributed by atoms with Crippen molar-refractivity contribution in [1.82, 2.24) is 9.80 Å². The monoisotopic (exact) mass is 384 g/mol. The van der Waals surface area contributed by atoms with Crippen molar-refractivity contribution in [3.63, 3.8) is 0 Å². The minimum atomic E-state index is -0.000661. The summed E-state index contributed by atoms with van der Waals surface area (Å²) >= 11 is 0. The Morgan fingerprint density at radius 3 is 2.18 bits per heavy atom. The van der Waals surface area contributed by atoms with E-state index in [1.165, 1.54) is 31.8 Å². The van der Waals surface area contributed by atoms with Crippen LogP contribution in [-0.2, 0) is 9.59 Å². The maximum Gasteiger partial charge on any atom is 0.298 e. The van der Waals surface area contributed by atoms with Crippen molar-refractivity contribution in [1.29, 1.82) is 0 Å². The maximum absolute atomic E-state index is 11.8. The molecule has 0 unspecified atom stereocenters. The molecule has 0 bridgehead atoms. The minimum Gasteiger partial charge on any atom is -0.339 e. The molecule has 2 amide bonds. The number of piperidine rings is 1. The summed E-state index contributed by atoms with van der Waals surface area (Å²) in [6, 6.07) is 0. The molecule has 0 aromatic heterocycles. The average molecular weight is 385 g/mol. The van der Waals surface area contributed by atoms with Gasteiger partial charge in [0.25, 0.3) is 5.91 Å². The molecular weight excluding hydrogens is 348 g/mol. The van der Waals surface area contributed by atoms with Crippen LogP contribution in [0.15, 0.2) is 12.7 Å². The molecule has 1 saturated carbocycles. The van der Waals surface area contributed by atoms with E-state index in [1.54, 1.807) is 6.92 Å². The van der Waals surface area contributed by atoms with Crippen molar-refractivity contribution >= 4 is 11.8 Å². The molecule has 3 rings (SSSR count). The molecule has 0 aromatic rings. The predicted molar refractivity (Wildman–Crippen MR) is 112 cm³/mol. The fourth-order valence-corrected chi connectivity index (χ4v) is 5.62. The van der Waals surface area contributed by atoms with Gasteiger partial charge in [0, 0.05) is 31.6 Å². The fraction of sp³-hybridized carbons (Fsp3) is 0.750. The van der Waals surface area contributed by atoms with Gasteiger partial charge < -0.3 is 9.80 Å². The molecule has 2 aliphatic heterocycles. The third-order valence-electron chi connectivity index (χ3n) is 7.67. The molecule has 0 radical (unpaired) electrons. The molecule has 28 heavy (non-hydrogen) atoms. The van der Waals surface area contributed by atoms with Gasteiger partial charge in [0.2, 0.25) is 5.91 Å². The SMILES string of the molecule is C=CC(=O)N1CCC([C@@H](C)CC[C@@H](C)C2CC3(C2)CN(C(=O)C#CC)C3)CC1. The van der Waals surface area contributed by atoms with Gasteiger partial charge in [0.15, 0.2) is 0 Å². The van der Waals surface area contributed by atoms with Gasteiger partial charge in [-0.15, -0.1) is 0 Å². The zero-order valence-corrected chi connectivity index (χ0v) is 17.9. The van der Waals surface area contributed by atoms with Crippen LogP contribution in [0, 0.1) is 40.9 Å². The highest BCUT2D eigenvalue weighted by Crippen LogP contribution is 2.55. The number of carbonyl (C=O) groups is 2. The second kappa shape index (κ2) is 8.72. The summed E-state index contributed by atoms with van der Waals surface area (Å²) in [7, 11) is 0. The Labute approximate surface area is 170 Å². The van der Waals surface area contributed by atoms with E-state index in [0.29, 0.717) is 5.41 Å². The van der Waals surface area contributed by atoms with Gasteiger partial charge in [-0.05, 0) is 68.3 Å². The van der Waals surface area contributed by atoms with Gasteiger partial charge in [-0.2, -0.15) is 0 Å². The summed E-state index contributed by atoms with van der Waals surface area (Å²) in [5.74, 6) is 8.53. The number of carbonyl (C=O) groups excluding carboxylic acids is 2. The maximum atomic E-state index is 11.8. The topological polar surface area (TPSA) is 40.6 Å². The third-order valence-corrected chi connectivity index (χ3v) is 7.67. The van der Waals surface area contributed by atoms with Crippen LogP contribution < -0.4 is 0 Å². The summed E-state index contributed by atoms with van der Waals surface area (Å²) in [6.07, 6.45) is 8.87. The zero-order chi connectivity index (χ0) is 20.3. The highest BCUT2D eigenvalue weighted by Gasteiger charge is 2.54. The van der Waals surface area contributed by atoms with E-state index in [-0.39, 0.29) is 11.8 Å². The Hall–Kier alpha value is -1.76. The molecule has 154 valence electrons. The molecule has 1 aliphatic carbocycles. The molecule has 4 nitrogen and oxygen atoms in total. The number of rotatable bonds is 6. The van der Waals surface area contributed by atoms with Crippen LogP contribution in [0.4, 0.5) is 0 Å². The molecule has 0 aromatic carbocycles. The Morgan fingerprint density at radius 1 is 1.07 bits per heavy atom. The van der Waals surface area contributed by atoms with Crippen molar-refractivity contribution in [2.45, 2.75) is 59.3 Å². The van der Waals surface area contributed by atoms with Crippen molar-refractivity contribution in [2.24, 2.45) is 29.1 Å². The molecule has 2 atom stereocenters. The lowest BCUT2D eigenvalue weighted by atomic mass is 9.54. The normalized spacial score (nSPS) is 23.8. The van der Waals surface area contributed by atoms with E-state index in [9.17, 15) is 9.59 Å². The second-order valence-corrected chi connectivity index (χ2v) is 9.60. The number of hydrogen-bond acceptors (Lipinski definition) is 2. The lowest BCUT2D eigenvalue weighted by molar-refractivity contribution is -0.151. The van der Waals surface area contributed by atoms with Crippen LogP contribution in [-0.4, -0.2) is 47.8 Å². The van der Waals surface area contributed by atoms with Gasteiger partial charge in [0.05, 0.1) is 0 Å². The summed E-state index contributed by atoms with van der Waals surface area (Å²) in [6.45, 7) is 13.7. The fourth-order valence-electron chi connectivity index (χ4n) is 5.62. The summed E-state index contributed by atoms with van der Waals surface area (Å²) in [5.41, 5.74) is 0.417. The lowest BCUT2D eigenvalue weighted by Crippen LogP contribution is -2.64. The van der Waals surface area contributed by atoms with Crippen LogP contribution in [0.3, 0.4) is 0 Å². The average Bonchev–Trinajstić information content (AvgIpc) is 2.63. The highest BCUT2D eigenvalue weighted by molar-refractivity contribution is 5.94. The molecule has 2 heterocycles. The smallest absolute Gasteiger partial charge is 0.298 e. The largest absolute Gasteiger partial charge is 0.339 e. The van der Waals surface area contributed by atoms with Crippen molar-refractivity contribution in [3.05, 3.63) is 12.7 Å². The van der Waals surface area contributed by atoms with Crippen molar-refractivity contribution in [3.8, 4) is 11.8 Å². The van der Waals surface area contributed by atoms with E-state index in [2.05, 4.69) is 32.3 Å². The molecular formula is C24H36N2O2. The first-order chi connectivity index (χ1) is 13.4. The van der Waals surface area contributed by atoms with Gasteiger partial charge in [-0.25, -0.2) is 0 Å². The van der Waals surface area contributed by atoms with E-state index in [1.807, 2.05) is 9.80 Å². The summed E-state index contributed by atoms with van der Waals surface area (Å²) < 4.78 is 0. The third kappa shape index (κ3) is 4.45. The predicted octanol–water partition coefficient (Wildman–Crippen LogP) is 3.73. The minimum absolute atomic E-state index is 0.000661. The van der Waals surface area contributed by atoms with E-state index >= 15 is 0 Å². The van der Waals surface area contributed by atoms with Crippen LogP contribution in [0.25, 0.3) is 0 Å². The molecule has 4 heteroatoms. The highest BCUT2D eigenvalue weighted by atomic mass is 16.2.